The Morgan fingerprint density at radius 2 is 2.22 bits per heavy atom. The number of benzene rings is 1. The Kier molecular flexibility index (Phi) is 4.25. The molecule has 2 rings (SSSR count). The smallest absolute Gasteiger partial charge is 0.139 e. The van der Waals surface area contributed by atoms with E-state index < -0.39 is 0 Å². The molecule has 18 heavy (non-hydrogen) atoms. The third-order valence-corrected chi connectivity index (χ3v) is 4.60. The maximum Gasteiger partial charge on any atom is 0.139 e. The molecule has 2 nitrogen and oxygen atoms in total. The van der Waals surface area contributed by atoms with Gasteiger partial charge in [-0.3, -0.25) is 0 Å². The van der Waals surface area contributed by atoms with Crippen LogP contribution >= 0.6 is 27.5 Å². The summed E-state index contributed by atoms with van der Waals surface area (Å²) in [5.41, 5.74) is 0.141. The van der Waals surface area contributed by atoms with E-state index in [2.05, 4.69) is 42.0 Å². The monoisotopic (exact) mass is 331 g/mol. The SMILES string of the molecule is CCNC1CC(Oc2cc(Br)ccc2Cl)C1(C)C. The van der Waals surface area contributed by atoms with Gasteiger partial charge in [0, 0.05) is 22.4 Å². The molecule has 0 saturated heterocycles. The van der Waals surface area contributed by atoms with Crippen LogP contribution in [-0.2, 0) is 0 Å². The second-order valence-electron chi connectivity index (χ2n) is 5.35. The van der Waals surface area contributed by atoms with Crippen molar-refractivity contribution in [3.63, 3.8) is 0 Å². The minimum Gasteiger partial charge on any atom is -0.488 e. The second kappa shape index (κ2) is 5.40. The van der Waals surface area contributed by atoms with Crippen molar-refractivity contribution >= 4 is 27.5 Å². The lowest BCUT2D eigenvalue weighted by atomic mass is 9.64. The van der Waals surface area contributed by atoms with Crippen LogP contribution in [0.5, 0.6) is 5.75 Å². The van der Waals surface area contributed by atoms with Crippen LogP contribution in [0.3, 0.4) is 0 Å². The molecule has 0 bridgehead atoms. The van der Waals surface area contributed by atoms with Crippen LogP contribution in [0.4, 0.5) is 0 Å². The van der Waals surface area contributed by atoms with E-state index in [-0.39, 0.29) is 11.5 Å². The van der Waals surface area contributed by atoms with Gasteiger partial charge in [0.15, 0.2) is 0 Å². The summed E-state index contributed by atoms with van der Waals surface area (Å²) in [6, 6.07) is 6.23. The van der Waals surface area contributed by atoms with Crippen molar-refractivity contribution < 1.29 is 4.74 Å². The van der Waals surface area contributed by atoms with E-state index in [1.807, 2.05) is 18.2 Å². The summed E-state index contributed by atoms with van der Waals surface area (Å²) in [6.07, 6.45) is 1.25. The fraction of sp³-hybridized carbons (Fsp3) is 0.571. The van der Waals surface area contributed by atoms with E-state index in [9.17, 15) is 0 Å². The van der Waals surface area contributed by atoms with Gasteiger partial charge in [-0.15, -0.1) is 0 Å². The van der Waals surface area contributed by atoms with Gasteiger partial charge in [-0.25, -0.2) is 0 Å². The van der Waals surface area contributed by atoms with Crippen molar-refractivity contribution in [1.29, 1.82) is 0 Å². The van der Waals surface area contributed by atoms with Gasteiger partial charge >= 0.3 is 0 Å². The summed E-state index contributed by atoms with van der Waals surface area (Å²) >= 11 is 9.59. The molecule has 1 aliphatic carbocycles. The zero-order valence-corrected chi connectivity index (χ0v) is 13.3. The summed E-state index contributed by atoms with van der Waals surface area (Å²) in [6.45, 7) is 7.61. The maximum atomic E-state index is 6.15. The van der Waals surface area contributed by atoms with E-state index in [4.69, 9.17) is 16.3 Å². The van der Waals surface area contributed by atoms with Gasteiger partial charge in [-0.2, -0.15) is 0 Å². The summed E-state index contributed by atoms with van der Waals surface area (Å²) < 4.78 is 7.04. The predicted octanol–water partition coefficient (Wildman–Crippen LogP) is 4.26. The molecular formula is C14H19BrClNO. The summed E-state index contributed by atoms with van der Waals surface area (Å²) in [5.74, 6) is 0.763. The first-order valence-corrected chi connectivity index (χ1v) is 7.47. The molecule has 1 N–H and O–H groups in total. The molecule has 0 spiro atoms. The molecule has 1 fully saturated rings. The molecule has 1 saturated carbocycles. The molecule has 1 aromatic rings. The van der Waals surface area contributed by atoms with Crippen LogP contribution < -0.4 is 10.1 Å². The standard InChI is InChI=1S/C14H19BrClNO/c1-4-17-12-8-13(14(12,2)3)18-11-7-9(15)5-6-10(11)16/h5-7,12-13,17H,4,8H2,1-3H3. The Bertz CT molecular complexity index is 436. The third kappa shape index (κ3) is 2.68. The molecule has 0 amide bonds. The first-order valence-electron chi connectivity index (χ1n) is 6.30. The number of halogens is 2. The third-order valence-electron chi connectivity index (χ3n) is 3.79. The summed E-state index contributed by atoms with van der Waals surface area (Å²) in [7, 11) is 0. The Morgan fingerprint density at radius 1 is 1.50 bits per heavy atom. The molecule has 1 aliphatic rings. The highest BCUT2D eigenvalue weighted by Gasteiger charge is 2.49. The van der Waals surface area contributed by atoms with Crippen LogP contribution in [0.25, 0.3) is 0 Å². The number of hydrogen-bond acceptors (Lipinski definition) is 2. The van der Waals surface area contributed by atoms with Crippen LogP contribution in [0, 0.1) is 5.41 Å². The minimum absolute atomic E-state index is 0.141. The zero-order valence-electron chi connectivity index (χ0n) is 11.0. The predicted molar refractivity (Wildman–Crippen MR) is 79.4 cm³/mol. The fourth-order valence-corrected chi connectivity index (χ4v) is 2.90. The van der Waals surface area contributed by atoms with Gasteiger partial charge in [-0.1, -0.05) is 48.3 Å². The molecule has 2 unspecified atom stereocenters. The number of ether oxygens (including phenoxy) is 1. The van der Waals surface area contributed by atoms with E-state index in [1.54, 1.807) is 0 Å². The molecular weight excluding hydrogens is 314 g/mol. The lowest BCUT2D eigenvalue weighted by Gasteiger charge is -2.51. The number of rotatable bonds is 4. The highest BCUT2D eigenvalue weighted by atomic mass is 79.9. The molecule has 0 radical (unpaired) electrons. The molecule has 2 atom stereocenters. The summed E-state index contributed by atoms with van der Waals surface area (Å²) in [5, 5.41) is 4.16. The lowest BCUT2D eigenvalue weighted by Crippen LogP contribution is -2.62. The maximum absolute atomic E-state index is 6.15. The van der Waals surface area contributed by atoms with Crippen molar-refractivity contribution in [1.82, 2.24) is 5.32 Å². The average molecular weight is 333 g/mol. The molecule has 1 aromatic carbocycles. The highest BCUT2D eigenvalue weighted by Crippen LogP contribution is 2.44. The van der Waals surface area contributed by atoms with E-state index in [1.165, 1.54) is 0 Å². The number of hydrogen-bond donors (Lipinski definition) is 1. The van der Waals surface area contributed by atoms with E-state index in [0.29, 0.717) is 11.1 Å². The van der Waals surface area contributed by atoms with Gasteiger partial charge in [0.05, 0.1) is 5.02 Å². The minimum atomic E-state index is 0.141. The van der Waals surface area contributed by atoms with Crippen molar-refractivity contribution in [3.8, 4) is 5.75 Å². The first-order chi connectivity index (χ1) is 8.45. The Balaban J connectivity index is 2.05. The quantitative estimate of drug-likeness (QED) is 0.889. The van der Waals surface area contributed by atoms with Gasteiger partial charge in [0.1, 0.15) is 11.9 Å². The van der Waals surface area contributed by atoms with Crippen molar-refractivity contribution in [3.05, 3.63) is 27.7 Å². The van der Waals surface area contributed by atoms with Crippen LogP contribution in [0.15, 0.2) is 22.7 Å². The van der Waals surface area contributed by atoms with Gasteiger partial charge in [0.25, 0.3) is 0 Å². The van der Waals surface area contributed by atoms with E-state index >= 15 is 0 Å². The fourth-order valence-electron chi connectivity index (χ4n) is 2.40. The van der Waals surface area contributed by atoms with Crippen LogP contribution in [0.1, 0.15) is 27.2 Å². The molecule has 0 aromatic heterocycles. The van der Waals surface area contributed by atoms with Gasteiger partial charge < -0.3 is 10.1 Å². The molecule has 100 valence electrons. The Hall–Kier alpha value is -0.250. The van der Waals surface area contributed by atoms with Crippen LogP contribution in [-0.4, -0.2) is 18.7 Å². The normalized spacial score (nSPS) is 25.6. The first kappa shape index (κ1) is 14.2. The molecule has 0 aliphatic heterocycles. The van der Waals surface area contributed by atoms with Crippen LogP contribution in [0.2, 0.25) is 5.02 Å². The van der Waals surface area contributed by atoms with Crippen molar-refractivity contribution in [2.75, 3.05) is 6.54 Å². The van der Waals surface area contributed by atoms with E-state index in [0.717, 1.165) is 23.2 Å². The average Bonchev–Trinajstić information content (AvgIpc) is 2.32. The topological polar surface area (TPSA) is 21.3 Å². The van der Waals surface area contributed by atoms with Crippen molar-refractivity contribution in [2.45, 2.75) is 39.3 Å². The molecule has 0 heterocycles. The van der Waals surface area contributed by atoms with Gasteiger partial charge in [-0.05, 0) is 24.7 Å². The second-order valence-corrected chi connectivity index (χ2v) is 6.67. The van der Waals surface area contributed by atoms with Gasteiger partial charge in [0.2, 0.25) is 0 Å². The Labute approximate surface area is 122 Å². The highest BCUT2D eigenvalue weighted by molar-refractivity contribution is 9.10. The lowest BCUT2D eigenvalue weighted by molar-refractivity contribution is -0.0541. The Morgan fingerprint density at radius 3 is 2.83 bits per heavy atom. The zero-order chi connectivity index (χ0) is 13.3. The largest absolute Gasteiger partial charge is 0.488 e. The molecule has 4 heteroatoms. The van der Waals surface area contributed by atoms with Crippen molar-refractivity contribution in [2.24, 2.45) is 5.41 Å². The number of nitrogens with one attached hydrogen (secondary N) is 1. The summed E-state index contributed by atoms with van der Waals surface area (Å²) in [4.78, 5) is 0.